The Bertz CT molecular complexity index is 502. The molecule has 0 aliphatic carbocycles. The van der Waals surface area contributed by atoms with Gasteiger partial charge in [0.25, 0.3) is 5.88 Å². The lowest BCUT2D eigenvalue weighted by Crippen LogP contribution is -1.96. The Morgan fingerprint density at radius 3 is 2.62 bits per heavy atom. The Morgan fingerprint density at radius 2 is 2.00 bits per heavy atom. The number of aromatic nitrogens is 3. The molecule has 0 saturated heterocycles. The number of Topliss-reactive ketones (excluding diaryl/α,β-unsaturated/α-hetero) is 1. The number of hydrogen-bond donors (Lipinski definition) is 1. The Morgan fingerprint density at radius 1 is 1.31 bits per heavy atom. The smallest absolute Gasteiger partial charge is 0.269 e. The predicted octanol–water partition coefficient (Wildman–Crippen LogP) is 2.11. The van der Waals surface area contributed by atoms with Crippen molar-refractivity contribution in [1.29, 1.82) is 0 Å². The van der Waals surface area contributed by atoms with Gasteiger partial charge in [-0.05, 0) is 19.1 Å². The van der Waals surface area contributed by atoms with Crippen LogP contribution in [0.3, 0.4) is 0 Å². The zero-order chi connectivity index (χ0) is 11.5. The van der Waals surface area contributed by atoms with Gasteiger partial charge in [0, 0.05) is 6.92 Å². The number of hydrogen-bond acceptors (Lipinski definition) is 4. The van der Waals surface area contributed by atoms with Crippen molar-refractivity contribution in [3.63, 3.8) is 0 Å². The van der Waals surface area contributed by atoms with Crippen molar-refractivity contribution >= 4 is 5.78 Å². The molecule has 0 aliphatic heterocycles. The van der Waals surface area contributed by atoms with Crippen molar-refractivity contribution in [2.75, 3.05) is 0 Å². The maximum Gasteiger partial charge on any atom is 0.269 e. The number of carbonyl (C=O) groups is 1. The minimum atomic E-state index is -0.160. The summed E-state index contributed by atoms with van der Waals surface area (Å²) in [7, 11) is 0. The van der Waals surface area contributed by atoms with Crippen LogP contribution >= 0.6 is 0 Å². The molecule has 1 heterocycles. The molecule has 0 fully saturated rings. The summed E-state index contributed by atoms with van der Waals surface area (Å²) >= 11 is 0. The van der Waals surface area contributed by atoms with Crippen LogP contribution in [0, 0.1) is 6.92 Å². The zero-order valence-electron chi connectivity index (χ0n) is 9.02. The summed E-state index contributed by atoms with van der Waals surface area (Å²) in [5, 5.41) is 9.74. The fourth-order valence-corrected chi connectivity index (χ4v) is 1.24. The van der Waals surface area contributed by atoms with Crippen LogP contribution in [0.4, 0.5) is 0 Å². The Labute approximate surface area is 92.4 Å². The molecule has 2 rings (SSSR count). The molecule has 5 heteroatoms. The van der Waals surface area contributed by atoms with Gasteiger partial charge in [0.1, 0.15) is 5.75 Å². The molecule has 2 aromatic rings. The summed E-state index contributed by atoms with van der Waals surface area (Å²) in [5.41, 5.74) is 1.42. The lowest BCUT2D eigenvalue weighted by Gasteiger charge is -2.02. The van der Waals surface area contributed by atoms with Crippen molar-refractivity contribution in [2.45, 2.75) is 13.8 Å². The molecule has 0 atom stereocenters. The molecular formula is C11H11N3O2. The fraction of sp³-hybridized carbons (Fsp3) is 0.182. The molecule has 0 radical (unpaired) electrons. The Kier molecular flexibility index (Phi) is 2.68. The molecule has 16 heavy (non-hydrogen) atoms. The van der Waals surface area contributed by atoms with E-state index >= 15 is 0 Å². The van der Waals surface area contributed by atoms with Gasteiger partial charge in [-0.25, -0.2) is 0 Å². The summed E-state index contributed by atoms with van der Waals surface area (Å²) in [6.45, 7) is 3.41. The molecule has 1 N–H and O–H groups in total. The summed E-state index contributed by atoms with van der Waals surface area (Å²) in [6, 6.07) is 7.47. The standard InChI is InChI=1S/C11H11N3O2/c1-7-3-5-9(6-4-7)16-11-10(8(2)15)12-14-13-11/h3-6H,1-2H3,(H,12,13,14). The van der Waals surface area contributed by atoms with E-state index in [0.29, 0.717) is 5.75 Å². The van der Waals surface area contributed by atoms with Crippen molar-refractivity contribution in [3.05, 3.63) is 35.5 Å². The highest BCUT2D eigenvalue weighted by Gasteiger charge is 2.13. The first-order valence-corrected chi connectivity index (χ1v) is 4.83. The predicted molar refractivity (Wildman–Crippen MR) is 57.6 cm³/mol. The second kappa shape index (κ2) is 4.14. The highest BCUT2D eigenvalue weighted by molar-refractivity contribution is 5.94. The number of aryl methyl sites for hydroxylation is 1. The first-order valence-electron chi connectivity index (χ1n) is 4.83. The molecule has 5 nitrogen and oxygen atoms in total. The van der Waals surface area contributed by atoms with Crippen LogP contribution in [0.2, 0.25) is 0 Å². The third kappa shape index (κ3) is 2.08. The molecule has 0 amide bonds. The van der Waals surface area contributed by atoms with Gasteiger partial charge >= 0.3 is 0 Å². The van der Waals surface area contributed by atoms with Gasteiger partial charge < -0.3 is 4.74 Å². The fourth-order valence-electron chi connectivity index (χ4n) is 1.24. The van der Waals surface area contributed by atoms with E-state index in [4.69, 9.17) is 4.74 Å². The Balaban J connectivity index is 2.23. The molecule has 82 valence electrons. The molecule has 1 aromatic heterocycles. The maximum atomic E-state index is 11.2. The van der Waals surface area contributed by atoms with E-state index in [1.54, 1.807) is 0 Å². The van der Waals surface area contributed by atoms with Crippen LogP contribution in [0.15, 0.2) is 24.3 Å². The zero-order valence-corrected chi connectivity index (χ0v) is 9.02. The number of ether oxygens (including phenoxy) is 1. The topological polar surface area (TPSA) is 67.9 Å². The van der Waals surface area contributed by atoms with E-state index in [2.05, 4.69) is 15.4 Å². The second-order valence-electron chi connectivity index (χ2n) is 3.46. The van der Waals surface area contributed by atoms with Gasteiger partial charge in [0.05, 0.1) is 0 Å². The van der Waals surface area contributed by atoms with E-state index in [9.17, 15) is 4.79 Å². The van der Waals surface area contributed by atoms with E-state index in [1.807, 2.05) is 31.2 Å². The number of nitrogens with one attached hydrogen (secondary N) is 1. The molecule has 0 unspecified atom stereocenters. The van der Waals surface area contributed by atoms with Gasteiger partial charge in [-0.15, -0.1) is 0 Å². The first-order chi connectivity index (χ1) is 7.66. The van der Waals surface area contributed by atoms with Crippen LogP contribution in [0.5, 0.6) is 11.6 Å². The summed E-state index contributed by atoms with van der Waals surface area (Å²) in [6.07, 6.45) is 0. The van der Waals surface area contributed by atoms with E-state index in [0.717, 1.165) is 5.56 Å². The monoisotopic (exact) mass is 217 g/mol. The molecule has 0 saturated carbocycles. The van der Waals surface area contributed by atoms with Gasteiger partial charge in [-0.3, -0.25) is 9.89 Å². The quantitative estimate of drug-likeness (QED) is 0.799. The number of benzene rings is 1. The highest BCUT2D eigenvalue weighted by Crippen LogP contribution is 2.21. The minimum absolute atomic E-state index is 0.160. The van der Waals surface area contributed by atoms with Gasteiger partial charge in [0.2, 0.25) is 0 Å². The number of rotatable bonds is 3. The average Bonchev–Trinajstić information content (AvgIpc) is 2.69. The van der Waals surface area contributed by atoms with Crippen LogP contribution in [-0.4, -0.2) is 21.2 Å². The third-order valence-corrected chi connectivity index (χ3v) is 2.10. The third-order valence-electron chi connectivity index (χ3n) is 2.10. The molecule has 1 aromatic carbocycles. The lowest BCUT2D eigenvalue weighted by molar-refractivity contribution is 0.101. The van der Waals surface area contributed by atoms with Crippen molar-refractivity contribution < 1.29 is 9.53 Å². The summed E-state index contributed by atoms with van der Waals surface area (Å²) < 4.78 is 5.44. The number of nitrogens with zero attached hydrogens (tertiary/aromatic N) is 2. The van der Waals surface area contributed by atoms with Crippen LogP contribution in [0.1, 0.15) is 23.0 Å². The molecule has 0 bridgehead atoms. The summed E-state index contributed by atoms with van der Waals surface area (Å²) in [5.74, 6) is 0.672. The number of ketones is 1. The largest absolute Gasteiger partial charge is 0.436 e. The van der Waals surface area contributed by atoms with Crippen molar-refractivity contribution in [2.24, 2.45) is 0 Å². The molecular weight excluding hydrogens is 206 g/mol. The van der Waals surface area contributed by atoms with Crippen LogP contribution in [-0.2, 0) is 0 Å². The van der Waals surface area contributed by atoms with Gasteiger partial charge in [-0.2, -0.15) is 0 Å². The number of carbonyl (C=O) groups excluding carboxylic acids is 1. The number of aromatic amines is 1. The SMILES string of the molecule is CC(=O)c1[nH]nnc1Oc1ccc(C)cc1. The second-order valence-corrected chi connectivity index (χ2v) is 3.46. The normalized spacial score (nSPS) is 10.1. The minimum Gasteiger partial charge on any atom is -0.436 e. The molecule has 0 aliphatic rings. The first kappa shape index (κ1) is 10.4. The van der Waals surface area contributed by atoms with Crippen LogP contribution < -0.4 is 4.74 Å². The lowest BCUT2D eigenvalue weighted by atomic mass is 10.2. The number of H-pyrrole nitrogens is 1. The maximum absolute atomic E-state index is 11.2. The summed E-state index contributed by atoms with van der Waals surface area (Å²) in [4.78, 5) is 11.2. The van der Waals surface area contributed by atoms with Gasteiger partial charge in [-0.1, -0.05) is 28.0 Å². The average molecular weight is 217 g/mol. The van der Waals surface area contributed by atoms with Crippen LogP contribution in [0.25, 0.3) is 0 Å². The van der Waals surface area contributed by atoms with Crippen molar-refractivity contribution in [3.8, 4) is 11.6 Å². The van der Waals surface area contributed by atoms with E-state index < -0.39 is 0 Å². The Hall–Kier alpha value is -2.17. The van der Waals surface area contributed by atoms with Gasteiger partial charge in [0.15, 0.2) is 11.5 Å². The van der Waals surface area contributed by atoms with E-state index in [1.165, 1.54) is 6.92 Å². The van der Waals surface area contributed by atoms with Crippen molar-refractivity contribution in [1.82, 2.24) is 15.4 Å². The highest BCUT2D eigenvalue weighted by atomic mass is 16.5. The van der Waals surface area contributed by atoms with E-state index in [-0.39, 0.29) is 17.4 Å². The molecule has 0 spiro atoms.